The van der Waals surface area contributed by atoms with Crippen LogP contribution >= 0.6 is 11.6 Å². The Hall–Kier alpha value is -1.79. The Kier molecular flexibility index (Phi) is 4.49. The lowest BCUT2D eigenvalue weighted by atomic mass is 9.92. The van der Waals surface area contributed by atoms with Gasteiger partial charge in [-0.1, -0.05) is 11.6 Å². The summed E-state index contributed by atoms with van der Waals surface area (Å²) in [4.78, 5) is 12.2. The first-order valence-corrected chi connectivity index (χ1v) is 7.66. The van der Waals surface area contributed by atoms with Gasteiger partial charge >= 0.3 is 0 Å². The minimum atomic E-state index is -0.567. The normalized spacial score (nSPS) is 21.6. The molecule has 0 aromatic carbocycles. The lowest BCUT2D eigenvalue weighted by Gasteiger charge is -2.26. The number of nitrogens with one attached hydrogen (secondary N) is 1. The van der Waals surface area contributed by atoms with Crippen LogP contribution in [0, 0.1) is 5.95 Å². The van der Waals surface area contributed by atoms with E-state index in [4.69, 9.17) is 17.3 Å². The van der Waals surface area contributed by atoms with E-state index in [1.807, 2.05) is 0 Å². The van der Waals surface area contributed by atoms with Crippen molar-refractivity contribution in [1.29, 1.82) is 0 Å². The maximum atomic E-state index is 13.3. The van der Waals surface area contributed by atoms with E-state index in [2.05, 4.69) is 20.3 Å². The van der Waals surface area contributed by atoms with Crippen LogP contribution in [0.2, 0.25) is 5.02 Å². The average Bonchev–Trinajstić information content (AvgIpc) is 2.51. The number of aromatic nitrogens is 3. The Morgan fingerprint density at radius 2 is 2.00 bits per heavy atom. The number of halogens is 2. The number of nitrogens with zero attached hydrogens (tertiary/aromatic N) is 3. The van der Waals surface area contributed by atoms with Crippen molar-refractivity contribution in [2.75, 3.05) is 5.32 Å². The largest absolute Gasteiger partial charge is 0.351 e. The van der Waals surface area contributed by atoms with Crippen LogP contribution in [0.15, 0.2) is 24.5 Å². The van der Waals surface area contributed by atoms with Crippen molar-refractivity contribution >= 4 is 17.5 Å². The fourth-order valence-electron chi connectivity index (χ4n) is 2.63. The van der Waals surface area contributed by atoms with Gasteiger partial charge < -0.3 is 11.1 Å². The number of anilines is 1. The van der Waals surface area contributed by atoms with Crippen molar-refractivity contribution in [3.05, 3.63) is 35.5 Å². The topological polar surface area (TPSA) is 76.7 Å². The van der Waals surface area contributed by atoms with E-state index in [1.54, 1.807) is 6.07 Å². The summed E-state index contributed by atoms with van der Waals surface area (Å²) in [5.74, 6) is -0.0694. The molecule has 3 N–H and O–H groups in total. The standard InChI is InChI=1S/C15H17ClFN5/c16-12-8-20-15(21-11-3-1-10(18)2-4-11)22-14(12)9-5-6-19-13(17)7-9/h5-8,10-11H,1-4,18H2,(H,20,21,22). The number of rotatable bonds is 3. The first kappa shape index (κ1) is 15.1. The summed E-state index contributed by atoms with van der Waals surface area (Å²) in [5, 5.41) is 3.68. The molecule has 0 unspecified atom stereocenters. The van der Waals surface area contributed by atoms with Gasteiger partial charge in [0.15, 0.2) is 0 Å². The smallest absolute Gasteiger partial charge is 0.223 e. The molecule has 1 fully saturated rings. The summed E-state index contributed by atoms with van der Waals surface area (Å²) in [5.41, 5.74) is 6.98. The van der Waals surface area contributed by atoms with Crippen molar-refractivity contribution in [3.63, 3.8) is 0 Å². The van der Waals surface area contributed by atoms with Crippen LogP contribution in [0.25, 0.3) is 11.3 Å². The van der Waals surface area contributed by atoms with E-state index in [-0.39, 0.29) is 0 Å². The molecule has 5 nitrogen and oxygen atoms in total. The maximum Gasteiger partial charge on any atom is 0.223 e. The number of nitrogens with two attached hydrogens (primary N) is 1. The second kappa shape index (κ2) is 6.54. The SMILES string of the molecule is NC1CCC(Nc2ncc(Cl)c(-c3ccnc(F)c3)n2)CC1. The van der Waals surface area contributed by atoms with E-state index in [0.717, 1.165) is 25.7 Å². The Balaban J connectivity index is 1.81. The zero-order chi connectivity index (χ0) is 15.5. The first-order valence-electron chi connectivity index (χ1n) is 7.28. The van der Waals surface area contributed by atoms with Gasteiger partial charge in [0, 0.05) is 29.9 Å². The molecule has 0 bridgehead atoms. The van der Waals surface area contributed by atoms with Gasteiger partial charge in [-0.15, -0.1) is 0 Å². The van der Waals surface area contributed by atoms with E-state index < -0.39 is 5.95 Å². The highest BCUT2D eigenvalue weighted by Gasteiger charge is 2.19. The van der Waals surface area contributed by atoms with Crippen molar-refractivity contribution < 1.29 is 4.39 Å². The predicted octanol–water partition coefficient (Wildman–Crippen LogP) is 3.01. The number of hydrogen-bond acceptors (Lipinski definition) is 5. The van der Waals surface area contributed by atoms with Gasteiger partial charge in [-0.2, -0.15) is 4.39 Å². The third-order valence-electron chi connectivity index (χ3n) is 3.85. The molecule has 1 aliphatic carbocycles. The molecule has 116 valence electrons. The molecule has 2 aromatic heterocycles. The van der Waals surface area contributed by atoms with Crippen LogP contribution in [0.3, 0.4) is 0 Å². The van der Waals surface area contributed by atoms with Crippen LogP contribution in [0.1, 0.15) is 25.7 Å². The molecule has 0 saturated heterocycles. The summed E-state index contributed by atoms with van der Waals surface area (Å²) >= 11 is 6.13. The zero-order valence-corrected chi connectivity index (χ0v) is 12.7. The van der Waals surface area contributed by atoms with E-state index in [0.29, 0.717) is 34.3 Å². The van der Waals surface area contributed by atoms with Crippen molar-refractivity contribution in [3.8, 4) is 11.3 Å². The number of hydrogen-bond donors (Lipinski definition) is 2. The van der Waals surface area contributed by atoms with Crippen LogP contribution in [-0.2, 0) is 0 Å². The van der Waals surface area contributed by atoms with Gasteiger partial charge in [-0.05, 0) is 31.7 Å². The molecule has 1 saturated carbocycles. The van der Waals surface area contributed by atoms with Crippen molar-refractivity contribution in [1.82, 2.24) is 15.0 Å². The van der Waals surface area contributed by atoms with Gasteiger partial charge in [0.1, 0.15) is 0 Å². The van der Waals surface area contributed by atoms with E-state index in [9.17, 15) is 4.39 Å². The molecule has 0 radical (unpaired) electrons. The second-order valence-electron chi connectivity index (χ2n) is 5.51. The molecule has 1 aliphatic rings. The summed E-state index contributed by atoms with van der Waals surface area (Å²) in [7, 11) is 0. The Morgan fingerprint density at radius 3 is 2.73 bits per heavy atom. The highest BCUT2D eigenvalue weighted by Crippen LogP contribution is 2.27. The van der Waals surface area contributed by atoms with Crippen LogP contribution in [0.4, 0.5) is 10.3 Å². The fourth-order valence-corrected chi connectivity index (χ4v) is 2.84. The van der Waals surface area contributed by atoms with Crippen LogP contribution < -0.4 is 11.1 Å². The van der Waals surface area contributed by atoms with Gasteiger partial charge in [0.25, 0.3) is 0 Å². The third-order valence-corrected chi connectivity index (χ3v) is 4.13. The van der Waals surface area contributed by atoms with E-state index in [1.165, 1.54) is 18.5 Å². The zero-order valence-electron chi connectivity index (χ0n) is 12.0. The molecule has 0 aliphatic heterocycles. The average molecular weight is 322 g/mol. The predicted molar refractivity (Wildman–Crippen MR) is 84.1 cm³/mol. The minimum Gasteiger partial charge on any atom is -0.351 e. The summed E-state index contributed by atoms with van der Waals surface area (Å²) < 4.78 is 13.3. The third kappa shape index (κ3) is 3.51. The van der Waals surface area contributed by atoms with Gasteiger partial charge in [0.05, 0.1) is 16.9 Å². The number of pyridine rings is 1. The minimum absolute atomic E-state index is 0.291. The monoisotopic (exact) mass is 321 g/mol. The van der Waals surface area contributed by atoms with Gasteiger partial charge in [0.2, 0.25) is 11.9 Å². The van der Waals surface area contributed by atoms with Crippen molar-refractivity contribution in [2.45, 2.75) is 37.8 Å². The maximum absolute atomic E-state index is 13.3. The molecule has 0 spiro atoms. The molecule has 3 rings (SSSR count). The molecular formula is C15H17ClFN5. The molecular weight excluding hydrogens is 305 g/mol. The second-order valence-corrected chi connectivity index (χ2v) is 5.92. The highest BCUT2D eigenvalue weighted by atomic mass is 35.5. The molecule has 2 heterocycles. The van der Waals surface area contributed by atoms with Crippen LogP contribution in [0.5, 0.6) is 0 Å². The Morgan fingerprint density at radius 1 is 1.23 bits per heavy atom. The quantitative estimate of drug-likeness (QED) is 0.850. The molecule has 0 atom stereocenters. The Bertz CT molecular complexity index is 658. The lowest BCUT2D eigenvalue weighted by molar-refractivity contribution is 0.410. The molecule has 2 aromatic rings. The van der Waals surface area contributed by atoms with E-state index >= 15 is 0 Å². The summed E-state index contributed by atoms with van der Waals surface area (Å²) in [6, 6.07) is 3.57. The molecule has 0 amide bonds. The summed E-state index contributed by atoms with van der Waals surface area (Å²) in [6.45, 7) is 0. The molecule has 22 heavy (non-hydrogen) atoms. The highest BCUT2D eigenvalue weighted by molar-refractivity contribution is 6.32. The van der Waals surface area contributed by atoms with Crippen LogP contribution in [-0.4, -0.2) is 27.0 Å². The molecule has 7 heteroatoms. The van der Waals surface area contributed by atoms with Gasteiger partial charge in [-0.25, -0.2) is 15.0 Å². The Labute approximate surface area is 133 Å². The fraction of sp³-hybridized carbons (Fsp3) is 0.400. The first-order chi connectivity index (χ1) is 10.6. The summed E-state index contributed by atoms with van der Waals surface area (Å²) in [6.07, 6.45) is 6.89. The van der Waals surface area contributed by atoms with Crippen molar-refractivity contribution in [2.24, 2.45) is 5.73 Å². The lowest BCUT2D eigenvalue weighted by Crippen LogP contribution is -2.33. The van der Waals surface area contributed by atoms with Gasteiger partial charge in [-0.3, -0.25) is 0 Å².